The van der Waals surface area contributed by atoms with Gasteiger partial charge in [0.15, 0.2) is 5.69 Å². The van der Waals surface area contributed by atoms with E-state index in [9.17, 15) is 9.59 Å². The molecule has 1 aliphatic rings. The molecule has 2 N–H and O–H groups in total. The molecule has 0 radical (unpaired) electrons. The lowest BCUT2D eigenvalue weighted by Gasteiger charge is -2.12. The smallest absolute Gasteiger partial charge is 0.326 e. The van der Waals surface area contributed by atoms with Crippen LogP contribution in [0.2, 0.25) is 10.0 Å². The van der Waals surface area contributed by atoms with Crippen LogP contribution in [0.4, 0.5) is 0 Å². The maximum absolute atomic E-state index is 12.2. The van der Waals surface area contributed by atoms with E-state index in [4.69, 9.17) is 28.3 Å². The Hall–Kier alpha value is -2.05. The SMILES string of the molecule is O=C(NC(C(=O)O)C1CC1)c1ccn(-c2ccc(Cl)c(Cl)c2)n1. The van der Waals surface area contributed by atoms with Crippen molar-refractivity contribution in [1.29, 1.82) is 0 Å². The van der Waals surface area contributed by atoms with Gasteiger partial charge in [0.05, 0.1) is 15.7 Å². The largest absolute Gasteiger partial charge is 0.480 e. The first kappa shape index (κ1) is 15.8. The molecule has 3 rings (SSSR count). The minimum absolute atomic E-state index is 0.00797. The van der Waals surface area contributed by atoms with Gasteiger partial charge in [-0.1, -0.05) is 23.2 Å². The van der Waals surface area contributed by atoms with Crippen molar-refractivity contribution in [2.24, 2.45) is 5.92 Å². The summed E-state index contributed by atoms with van der Waals surface area (Å²) in [5.41, 5.74) is 0.790. The summed E-state index contributed by atoms with van der Waals surface area (Å²) < 4.78 is 1.48. The van der Waals surface area contributed by atoms with Crippen LogP contribution in [0.3, 0.4) is 0 Å². The predicted octanol–water partition coefficient (Wildman–Crippen LogP) is 2.77. The second-order valence-electron chi connectivity index (χ2n) is 5.37. The third kappa shape index (κ3) is 3.48. The Morgan fingerprint density at radius 3 is 2.61 bits per heavy atom. The molecule has 0 spiro atoms. The van der Waals surface area contributed by atoms with Gasteiger partial charge in [-0.3, -0.25) is 4.79 Å². The number of aliphatic carboxylic acids is 1. The quantitative estimate of drug-likeness (QED) is 0.865. The molecular formula is C15H13Cl2N3O3. The predicted molar refractivity (Wildman–Crippen MR) is 85.2 cm³/mol. The van der Waals surface area contributed by atoms with Gasteiger partial charge < -0.3 is 10.4 Å². The summed E-state index contributed by atoms with van der Waals surface area (Å²) in [6.45, 7) is 0. The Labute approximate surface area is 142 Å². The van der Waals surface area contributed by atoms with E-state index in [-0.39, 0.29) is 11.6 Å². The van der Waals surface area contributed by atoms with E-state index in [1.807, 2.05) is 0 Å². The molecule has 1 aromatic carbocycles. The van der Waals surface area contributed by atoms with Crippen molar-refractivity contribution >= 4 is 35.1 Å². The van der Waals surface area contributed by atoms with E-state index < -0.39 is 17.9 Å². The van der Waals surface area contributed by atoms with E-state index >= 15 is 0 Å². The Morgan fingerprint density at radius 2 is 2.00 bits per heavy atom. The van der Waals surface area contributed by atoms with Gasteiger partial charge in [-0.15, -0.1) is 0 Å². The first-order chi connectivity index (χ1) is 11.0. The molecule has 8 heteroatoms. The molecule has 1 heterocycles. The summed E-state index contributed by atoms with van der Waals surface area (Å²) in [7, 11) is 0. The minimum Gasteiger partial charge on any atom is -0.480 e. The minimum atomic E-state index is -1.02. The number of nitrogens with zero attached hydrogens (tertiary/aromatic N) is 2. The number of aromatic nitrogens is 2. The molecule has 6 nitrogen and oxygen atoms in total. The molecule has 1 amide bonds. The number of hydrogen-bond acceptors (Lipinski definition) is 3. The highest BCUT2D eigenvalue weighted by Crippen LogP contribution is 2.32. The molecule has 1 unspecified atom stereocenters. The highest BCUT2D eigenvalue weighted by atomic mass is 35.5. The van der Waals surface area contributed by atoms with Crippen LogP contribution >= 0.6 is 23.2 Å². The summed E-state index contributed by atoms with van der Waals surface area (Å²) >= 11 is 11.8. The molecule has 0 bridgehead atoms. The highest BCUT2D eigenvalue weighted by Gasteiger charge is 2.37. The number of carboxylic acids is 1. The molecule has 2 aromatic rings. The van der Waals surface area contributed by atoms with Crippen molar-refractivity contribution in [2.75, 3.05) is 0 Å². The Kier molecular flexibility index (Phi) is 4.28. The average molecular weight is 354 g/mol. The number of hydrogen-bond donors (Lipinski definition) is 2. The van der Waals surface area contributed by atoms with Gasteiger partial charge in [-0.25, -0.2) is 9.48 Å². The Bertz CT molecular complexity index is 771. The standard InChI is InChI=1S/C15H13Cl2N3O3/c16-10-4-3-9(7-11(10)17)20-6-5-12(19-20)14(21)18-13(15(22)23)8-1-2-8/h3-8,13H,1-2H2,(H,18,21)(H,22,23). The topological polar surface area (TPSA) is 84.2 Å². The fraction of sp³-hybridized carbons (Fsp3) is 0.267. The van der Waals surface area contributed by atoms with E-state index in [1.165, 1.54) is 10.7 Å². The van der Waals surface area contributed by atoms with Crippen LogP contribution in [0.15, 0.2) is 30.5 Å². The normalized spacial score (nSPS) is 15.2. The van der Waals surface area contributed by atoms with Gasteiger partial charge in [0.1, 0.15) is 6.04 Å². The van der Waals surface area contributed by atoms with Gasteiger partial charge >= 0.3 is 5.97 Å². The number of carbonyl (C=O) groups excluding carboxylic acids is 1. The fourth-order valence-corrected chi connectivity index (χ4v) is 2.53. The van der Waals surface area contributed by atoms with Crippen LogP contribution in [-0.4, -0.2) is 32.8 Å². The Balaban J connectivity index is 1.76. The second kappa shape index (κ2) is 6.22. The number of amides is 1. The summed E-state index contributed by atoms with van der Waals surface area (Å²) in [4.78, 5) is 23.3. The zero-order valence-corrected chi connectivity index (χ0v) is 13.4. The zero-order chi connectivity index (χ0) is 16.6. The van der Waals surface area contributed by atoms with Crippen LogP contribution in [-0.2, 0) is 4.79 Å². The van der Waals surface area contributed by atoms with Crippen LogP contribution < -0.4 is 5.32 Å². The molecule has 1 aromatic heterocycles. The first-order valence-corrected chi connectivity index (χ1v) is 7.76. The summed E-state index contributed by atoms with van der Waals surface area (Å²) in [6, 6.07) is 5.63. The number of halogens is 2. The van der Waals surface area contributed by atoms with Crippen molar-refractivity contribution < 1.29 is 14.7 Å². The van der Waals surface area contributed by atoms with Crippen molar-refractivity contribution in [2.45, 2.75) is 18.9 Å². The summed E-state index contributed by atoms with van der Waals surface area (Å²) in [5.74, 6) is -1.53. The summed E-state index contributed by atoms with van der Waals surface area (Å²) in [6.07, 6.45) is 3.23. The average Bonchev–Trinajstić information content (AvgIpc) is 3.22. The summed E-state index contributed by atoms with van der Waals surface area (Å²) in [5, 5.41) is 16.6. The molecule has 0 aliphatic heterocycles. The van der Waals surface area contributed by atoms with E-state index in [0.29, 0.717) is 15.7 Å². The van der Waals surface area contributed by atoms with Crippen LogP contribution in [0, 0.1) is 5.92 Å². The molecule has 1 aliphatic carbocycles. The van der Waals surface area contributed by atoms with Gasteiger partial charge in [-0.05, 0) is 43.0 Å². The van der Waals surface area contributed by atoms with Crippen LogP contribution in [0.1, 0.15) is 23.3 Å². The van der Waals surface area contributed by atoms with Crippen molar-refractivity contribution in [3.8, 4) is 5.69 Å². The van der Waals surface area contributed by atoms with Crippen LogP contribution in [0.5, 0.6) is 0 Å². The van der Waals surface area contributed by atoms with E-state index in [2.05, 4.69) is 10.4 Å². The Morgan fingerprint density at radius 1 is 1.26 bits per heavy atom. The molecule has 120 valence electrons. The second-order valence-corrected chi connectivity index (χ2v) is 6.19. The van der Waals surface area contributed by atoms with Gasteiger partial charge in [0, 0.05) is 6.20 Å². The van der Waals surface area contributed by atoms with E-state index in [1.54, 1.807) is 24.4 Å². The lowest BCUT2D eigenvalue weighted by molar-refractivity contribution is -0.139. The number of carboxylic acid groups (broad SMARTS) is 1. The molecular weight excluding hydrogens is 341 g/mol. The third-order valence-corrected chi connectivity index (χ3v) is 4.37. The number of benzene rings is 1. The highest BCUT2D eigenvalue weighted by molar-refractivity contribution is 6.42. The van der Waals surface area contributed by atoms with Gasteiger partial charge in [-0.2, -0.15) is 5.10 Å². The van der Waals surface area contributed by atoms with Crippen molar-refractivity contribution in [1.82, 2.24) is 15.1 Å². The molecule has 1 fully saturated rings. The van der Waals surface area contributed by atoms with Crippen molar-refractivity contribution in [3.63, 3.8) is 0 Å². The number of rotatable bonds is 5. The lowest BCUT2D eigenvalue weighted by Crippen LogP contribution is -2.42. The molecule has 0 saturated heterocycles. The van der Waals surface area contributed by atoms with E-state index in [0.717, 1.165) is 12.8 Å². The maximum atomic E-state index is 12.2. The number of nitrogens with one attached hydrogen (secondary N) is 1. The van der Waals surface area contributed by atoms with Gasteiger partial charge in [0.2, 0.25) is 0 Å². The van der Waals surface area contributed by atoms with Gasteiger partial charge in [0.25, 0.3) is 5.91 Å². The zero-order valence-electron chi connectivity index (χ0n) is 11.9. The molecule has 1 saturated carbocycles. The fourth-order valence-electron chi connectivity index (χ4n) is 2.24. The molecule has 23 heavy (non-hydrogen) atoms. The maximum Gasteiger partial charge on any atom is 0.326 e. The first-order valence-electron chi connectivity index (χ1n) is 7.00. The molecule has 1 atom stereocenters. The third-order valence-electron chi connectivity index (χ3n) is 3.64. The van der Waals surface area contributed by atoms with Crippen LogP contribution in [0.25, 0.3) is 5.69 Å². The number of carbonyl (C=O) groups is 2. The monoisotopic (exact) mass is 353 g/mol. The van der Waals surface area contributed by atoms with Crippen molar-refractivity contribution in [3.05, 3.63) is 46.2 Å². The lowest BCUT2D eigenvalue weighted by atomic mass is 10.2.